The Morgan fingerprint density at radius 1 is 1.53 bits per heavy atom. The summed E-state index contributed by atoms with van der Waals surface area (Å²) in [7, 11) is 0. The summed E-state index contributed by atoms with van der Waals surface area (Å²) in [5.74, 6) is -0.00212. The van der Waals surface area contributed by atoms with Crippen LogP contribution < -0.4 is 11.1 Å². The van der Waals surface area contributed by atoms with Crippen LogP contribution in [0.2, 0.25) is 0 Å². The monoisotopic (exact) mass is 264 g/mol. The maximum absolute atomic E-state index is 10.9. The van der Waals surface area contributed by atoms with Crippen molar-refractivity contribution in [1.29, 1.82) is 0 Å². The molecule has 104 valence electrons. The lowest BCUT2D eigenvalue weighted by Crippen LogP contribution is -2.41. The van der Waals surface area contributed by atoms with Crippen LogP contribution in [0.3, 0.4) is 0 Å². The number of nitrogens with zero attached hydrogens (tertiary/aromatic N) is 2. The molecule has 6 nitrogen and oxygen atoms in total. The topological polar surface area (TPSA) is 101 Å². The Morgan fingerprint density at radius 2 is 2.32 bits per heavy atom. The third-order valence-electron chi connectivity index (χ3n) is 3.87. The first-order valence-corrected chi connectivity index (χ1v) is 6.57. The van der Waals surface area contributed by atoms with Crippen molar-refractivity contribution < 1.29 is 9.90 Å². The van der Waals surface area contributed by atoms with E-state index in [-0.39, 0.29) is 17.2 Å². The summed E-state index contributed by atoms with van der Waals surface area (Å²) in [6.45, 7) is 2.72. The highest BCUT2D eigenvalue weighted by atomic mass is 16.3. The number of aromatic nitrogens is 2. The predicted molar refractivity (Wildman–Crippen MR) is 71.6 cm³/mol. The fourth-order valence-electron chi connectivity index (χ4n) is 2.44. The number of hydrogen-bond acceptors (Lipinski definition) is 5. The van der Waals surface area contributed by atoms with Gasteiger partial charge in [-0.2, -0.15) is 0 Å². The second-order valence-electron chi connectivity index (χ2n) is 5.44. The third-order valence-corrected chi connectivity index (χ3v) is 3.87. The van der Waals surface area contributed by atoms with Gasteiger partial charge in [-0.05, 0) is 25.0 Å². The molecular formula is C13H20N4O2. The van der Waals surface area contributed by atoms with E-state index in [0.717, 1.165) is 25.7 Å². The highest BCUT2D eigenvalue weighted by Gasteiger charge is 2.35. The fourth-order valence-corrected chi connectivity index (χ4v) is 2.44. The Bertz CT molecular complexity index is 448. The molecule has 1 aliphatic carbocycles. The number of primary amides is 1. The molecular weight excluding hydrogens is 244 g/mol. The van der Waals surface area contributed by atoms with Crippen LogP contribution in [-0.4, -0.2) is 33.9 Å². The Balaban J connectivity index is 1.96. The lowest BCUT2D eigenvalue weighted by molar-refractivity contribution is 0.00957. The van der Waals surface area contributed by atoms with Crippen LogP contribution in [0.5, 0.6) is 0 Å². The Labute approximate surface area is 112 Å². The van der Waals surface area contributed by atoms with Gasteiger partial charge in [-0.1, -0.05) is 19.8 Å². The van der Waals surface area contributed by atoms with E-state index in [1.807, 2.05) is 0 Å². The second-order valence-corrected chi connectivity index (χ2v) is 5.44. The lowest BCUT2D eigenvalue weighted by Gasteiger charge is -2.38. The maximum atomic E-state index is 10.9. The number of hydrogen-bond donors (Lipinski definition) is 3. The van der Waals surface area contributed by atoms with Gasteiger partial charge in [-0.3, -0.25) is 4.79 Å². The molecule has 0 saturated heterocycles. The van der Waals surface area contributed by atoms with Crippen LogP contribution >= 0.6 is 0 Å². The van der Waals surface area contributed by atoms with Gasteiger partial charge in [0.25, 0.3) is 5.91 Å². The summed E-state index contributed by atoms with van der Waals surface area (Å²) in [4.78, 5) is 10.9. The molecule has 4 N–H and O–H groups in total. The summed E-state index contributed by atoms with van der Waals surface area (Å²) in [6, 6.07) is 3.21. The lowest BCUT2D eigenvalue weighted by atomic mass is 9.73. The molecule has 19 heavy (non-hydrogen) atoms. The van der Waals surface area contributed by atoms with E-state index < -0.39 is 5.91 Å². The molecule has 0 aromatic carbocycles. The van der Waals surface area contributed by atoms with Crippen molar-refractivity contribution in [2.45, 2.75) is 38.7 Å². The van der Waals surface area contributed by atoms with Crippen molar-refractivity contribution in [2.24, 2.45) is 11.1 Å². The maximum Gasteiger partial charge on any atom is 0.269 e. The first kappa shape index (κ1) is 13.7. The van der Waals surface area contributed by atoms with Gasteiger partial charge in [0, 0.05) is 12.0 Å². The van der Waals surface area contributed by atoms with E-state index in [0.29, 0.717) is 12.4 Å². The van der Waals surface area contributed by atoms with E-state index >= 15 is 0 Å². The second kappa shape index (κ2) is 5.52. The number of carbonyl (C=O) groups is 1. The molecule has 6 heteroatoms. The summed E-state index contributed by atoms with van der Waals surface area (Å²) >= 11 is 0. The minimum Gasteiger partial charge on any atom is -0.392 e. The molecule has 0 bridgehead atoms. The summed E-state index contributed by atoms with van der Waals surface area (Å²) < 4.78 is 0. The predicted octanol–water partition coefficient (Wildman–Crippen LogP) is 0.929. The quantitative estimate of drug-likeness (QED) is 0.751. The highest BCUT2D eigenvalue weighted by molar-refractivity contribution is 5.90. The highest BCUT2D eigenvalue weighted by Crippen LogP contribution is 2.36. The molecule has 2 rings (SSSR count). The standard InChI is InChI=1S/C13H20N4O2/c1-13(7-3-2-4-10(13)18)8-15-11-6-5-9(12(14)19)16-17-11/h5-6,10,18H,2-4,7-8H2,1H3,(H2,14,19)(H,15,17). The van der Waals surface area contributed by atoms with Crippen LogP contribution in [0.4, 0.5) is 5.82 Å². The summed E-state index contributed by atoms with van der Waals surface area (Å²) in [5.41, 5.74) is 5.11. The molecule has 1 aromatic heterocycles. The number of nitrogens with one attached hydrogen (secondary N) is 1. The van der Waals surface area contributed by atoms with Crippen LogP contribution in [0, 0.1) is 5.41 Å². The van der Waals surface area contributed by atoms with Crippen LogP contribution in [-0.2, 0) is 0 Å². The smallest absolute Gasteiger partial charge is 0.269 e. The molecule has 1 saturated carbocycles. The van der Waals surface area contributed by atoms with Gasteiger partial charge in [-0.25, -0.2) is 0 Å². The number of aliphatic hydroxyl groups is 1. The molecule has 0 radical (unpaired) electrons. The Morgan fingerprint density at radius 3 is 2.89 bits per heavy atom. The molecule has 0 aliphatic heterocycles. The number of aliphatic hydroxyl groups excluding tert-OH is 1. The van der Waals surface area contributed by atoms with Gasteiger partial charge in [0.05, 0.1) is 6.10 Å². The Hall–Kier alpha value is -1.69. The molecule has 1 fully saturated rings. The van der Waals surface area contributed by atoms with E-state index in [1.54, 1.807) is 6.07 Å². The van der Waals surface area contributed by atoms with Gasteiger partial charge >= 0.3 is 0 Å². The molecule has 1 aliphatic rings. The fraction of sp³-hybridized carbons (Fsp3) is 0.615. The number of carbonyl (C=O) groups excluding carboxylic acids is 1. The molecule has 2 atom stereocenters. The van der Waals surface area contributed by atoms with Crippen molar-refractivity contribution in [3.8, 4) is 0 Å². The minimum absolute atomic E-state index is 0.137. The number of amides is 1. The van der Waals surface area contributed by atoms with Crippen LogP contribution in [0.15, 0.2) is 12.1 Å². The number of anilines is 1. The first-order chi connectivity index (χ1) is 9.01. The van der Waals surface area contributed by atoms with Gasteiger partial charge in [0.15, 0.2) is 5.69 Å². The molecule has 2 unspecified atom stereocenters. The van der Waals surface area contributed by atoms with Crippen molar-refractivity contribution >= 4 is 11.7 Å². The largest absolute Gasteiger partial charge is 0.392 e. The average Bonchev–Trinajstić information content (AvgIpc) is 2.41. The van der Waals surface area contributed by atoms with Gasteiger partial charge in [0.1, 0.15) is 5.82 Å². The first-order valence-electron chi connectivity index (χ1n) is 6.57. The number of rotatable bonds is 4. The summed E-state index contributed by atoms with van der Waals surface area (Å²) in [6.07, 6.45) is 3.79. The van der Waals surface area contributed by atoms with E-state index in [2.05, 4.69) is 22.4 Å². The Kier molecular flexibility index (Phi) is 3.99. The summed E-state index contributed by atoms with van der Waals surface area (Å²) in [5, 5.41) is 20.9. The van der Waals surface area contributed by atoms with Crippen molar-refractivity contribution in [2.75, 3.05) is 11.9 Å². The van der Waals surface area contributed by atoms with E-state index in [9.17, 15) is 9.90 Å². The van der Waals surface area contributed by atoms with Gasteiger partial charge in [0.2, 0.25) is 0 Å². The molecule has 1 amide bonds. The SMILES string of the molecule is CC1(CNc2ccc(C(N)=O)nn2)CCCCC1O. The van der Waals surface area contributed by atoms with Gasteiger partial charge in [-0.15, -0.1) is 10.2 Å². The van der Waals surface area contributed by atoms with Crippen molar-refractivity contribution in [3.63, 3.8) is 0 Å². The molecule has 0 spiro atoms. The molecule has 1 aromatic rings. The minimum atomic E-state index is -0.589. The zero-order valence-electron chi connectivity index (χ0n) is 11.1. The van der Waals surface area contributed by atoms with Crippen molar-refractivity contribution in [3.05, 3.63) is 17.8 Å². The zero-order chi connectivity index (χ0) is 13.9. The molecule has 1 heterocycles. The normalized spacial score (nSPS) is 26.9. The third kappa shape index (κ3) is 3.20. The van der Waals surface area contributed by atoms with Crippen LogP contribution in [0.25, 0.3) is 0 Å². The van der Waals surface area contributed by atoms with E-state index in [1.165, 1.54) is 6.07 Å². The van der Waals surface area contributed by atoms with Crippen LogP contribution in [0.1, 0.15) is 43.1 Å². The zero-order valence-corrected chi connectivity index (χ0v) is 11.1. The number of nitrogens with two attached hydrogens (primary N) is 1. The van der Waals surface area contributed by atoms with Crippen molar-refractivity contribution in [1.82, 2.24) is 10.2 Å². The van der Waals surface area contributed by atoms with Gasteiger partial charge < -0.3 is 16.2 Å². The average molecular weight is 264 g/mol. The van der Waals surface area contributed by atoms with E-state index in [4.69, 9.17) is 5.73 Å².